The molecule has 0 spiro atoms. The maximum absolute atomic E-state index is 12.7. The summed E-state index contributed by atoms with van der Waals surface area (Å²) in [5.74, 6) is -0.456. The standard InChI is InChI=1S/C37H71N2O7P/c1-3-5-7-9-11-13-14-15-16-17-18-19-20-21-22-24-26-28-34(40)32-37(42)39-35(33-46-47(43,44)45-31-30-38)36(41)29-27-25-23-12-10-8-6-4-2/h11,13-15,27,29,34-36,40-41H,3-10,12,16-26,28,30-33,38H2,1-2H3,(H,39,42)(H,43,44)/b13-11-,15-14-,29-27+. The molecule has 0 aromatic rings. The predicted molar refractivity (Wildman–Crippen MR) is 195 cm³/mol. The lowest BCUT2D eigenvalue weighted by Gasteiger charge is -2.24. The van der Waals surface area contributed by atoms with Gasteiger partial charge in [0.1, 0.15) is 0 Å². The molecule has 4 unspecified atom stereocenters. The molecule has 0 heterocycles. The average molecular weight is 687 g/mol. The first-order valence-corrected chi connectivity index (χ1v) is 20.2. The molecule has 0 fully saturated rings. The van der Waals surface area contributed by atoms with E-state index in [1.165, 1.54) is 83.5 Å². The topological polar surface area (TPSA) is 151 Å². The Labute approximate surface area is 287 Å². The Balaban J connectivity index is 4.32. The lowest BCUT2D eigenvalue weighted by Crippen LogP contribution is -2.46. The summed E-state index contributed by atoms with van der Waals surface area (Å²) in [6.07, 6.45) is 33.8. The first-order valence-electron chi connectivity index (χ1n) is 18.7. The highest BCUT2D eigenvalue weighted by atomic mass is 31.2. The molecule has 0 aliphatic heterocycles. The first kappa shape index (κ1) is 45.7. The SMILES string of the molecule is CCCCC/C=C\C=C/CCCCCCCCCCC(O)CC(=O)NC(COP(=O)(O)OCCN)C(O)/C=C/CCCCCCCC. The molecular weight excluding hydrogens is 615 g/mol. The summed E-state index contributed by atoms with van der Waals surface area (Å²) < 4.78 is 21.9. The minimum absolute atomic E-state index is 0.0472. The molecule has 9 nitrogen and oxygen atoms in total. The van der Waals surface area contributed by atoms with Crippen molar-refractivity contribution in [2.45, 2.75) is 173 Å². The molecule has 47 heavy (non-hydrogen) atoms. The monoisotopic (exact) mass is 686 g/mol. The molecule has 0 aliphatic carbocycles. The smallest absolute Gasteiger partial charge is 0.393 e. The molecule has 6 N–H and O–H groups in total. The summed E-state index contributed by atoms with van der Waals surface area (Å²) in [5.41, 5.74) is 5.33. The highest BCUT2D eigenvalue weighted by Gasteiger charge is 2.27. The van der Waals surface area contributed by atoms with E-state index in [9.17, 15) is 24.5 Å². The minimum Gasteiger partial charge on any atom is -0.393 e. The van der Waals surface area contributed by atoms with E-state index in [4.69, 9.17) is 14.8 Å². The maximum atomic E-state index is 12.7. The number of phosphoric ester groups is 1. The Morgan fingerprint density at radius 1 is 0.745 bits per heavy atom. The number of aliphatic hydroxyl groups excluding tert-OH is 2. The third kappa shape index (κ3) is 31.7. The zero-order valence-electron chi connectivity index (χ0n) is 29.9. The van der Waals surface area contributed by atoms with E-state index in [1.54, 1.807) is 6.08 Å². The van der Waals surface area contributed by atoms with E-state index >= 15 is 0 Å². The van der Waals surface area contributed by atoms with Crippen LogP contribution in [0.2, 0.25) is 0 Å². The fourth-order valence-electron chi connectivity index (χ4n) is 5.16. The van der Waals surface area contributed by atoms with Gasteiger partial charge in [-0.05, 0) is 44.9 Å². The fraction of sp³-hybridized carbons (Fsp3) is 0.811. The van der Waals surface area contributed by atoms with Gasteiger partial charge in [0.15, 0.2) is 0 Å². The summed E-state index contributed by atoms with van der Waals surface area (Å²) in [7, 11) is -4.39. The Morgan fingerprint density at radius 2 is 1.23 bits per heavy atom. The Bertz CT molecular complexity index is 853. The molecule has 1 amide bonds. The van der Waals surface area contributed by atoms with Crippen molar-refractivity contribution >= 4 is 13.7 Å². The van der Waals surface area contributed by atoms with Crippen molar-refractivity contribution in [2.75, 3.05) is 19.8 Å². The summed E-state index contributed by atoms with van der Waals surface area (Å²) >= 11 is 0. The van der Waals surface area contributed by atoms with Crippen molar-refractivity contribution in [1.82, 2.24) is 5.32 Å². The van der Waals surface area contributed by atoms with Gasteiger partial charge in [-0.2, -0.15) is 0 Å². The molecule has 276 valence electrons. The number of carbonyl (C=O) groups is 1. The molecule has 0 radical (unpaired) electrons. The van der Waals surface area contributed by atoms with E-state index in [0.29, 0.717) is 6.42 Å². The van der Waals surface area contributed by atoms with Crippen LogP contribution in [0.4, 0.5) is 0 Å². The molecule has 10 heteroatoms. The molecule has 0 rings (SSSR count). The Morgan fingerprint density at radius 3 is 1.81 bits per heavy atom. The number of hydrogen-bond donors (Lipinski definition) is 5. The highest BCUT2D eigenvalue weighted by Crippen LogP contribution is 2.43. The van der Waals surface area contributed by atoms with E-state index in [-0.39, 0.29) is 19.6 Å². The zero-order chi connectivity index (χ0) is 34.9. The second-order valence-electron chi connectivity index (χ2n) is 12.7. The van der Waals surface area contributed by atoms with Gasteiger partial charge >= 0.3 is 7.82 Å². The Kier molecular flexibility index (Phi) is 32.3. The number of nitrogens with two attached hydrogens (primary N) is 1. The maximum Gasteiger partial charge on any atom is 0.472 e. The number of rotatable bonds is 34. The molecule has 4 atom stereocenters. The molecular formula is C37H71N2O7P. The molecule has 0 bridgehead atoms. The normalized spacial score (nSPS) is 15.4. The Hall–Kier alpha value is -1.32. The minimum atomic E-state index is -4.39. The van der Waals surface area contributed by atoms with Gasteiger partial charge in [0, 0.05) is 6.54 Å². The van der Waals surface area contributed by atoms with Crippen LogP contribution >= 0.6 is 7.82 Å². The summed E-state index contributed by atoms with van der Waals surface area (Å²) in [4.78, 5) is 22.6. The van der Waals surface area contributed by atoms with Crippen LogP contribution in [0.25, 0.3) is 0 Å². The lowest BCUT2D eigenvalue weighted by atomic mass is 10.0. The predicted octanol–water partition coefficient (Wildman–Crippen LogP) is 8.58. The highest BCUT2D eigenvalue weighted by molar-refractivity contribution is 7.47. The average Bonchev–Trinajstić information content (AvgIpc) is 3.04. The van der Waals surface area contributed by atoms with Gasteiger partial charge in [-0.15, -0.1) is 0 Å². The van der Waals surface area contributed by atoms with Crippen LogP contribution in [0.5, 0.6) is 0 Å². The largest absolute Gasteiger partial charge is 0.472 e. The van der Waals surface area contributed by atoms with Crippen LogP contribution in [0.3, 0.4) is 0 Å². The van der Waals surface area contributed by atoms with Crippen molar-refractivity contribution in [1.29, 1.82) is 0 Å². The summed E-state index contributed by atoms with van der Waals surface area (Å²) in [6.45, 7) is 3.87. The fourth-order valence-corrected chi connectivity index (χ4v) is 5.92. The van der Waals surface area contributed by atoms with Crippen LogP contribution in [0.1, 0.15) is 155 Å². The number of phosphoric acid groups is 1. The lowest BCUT2D eigenvalue weighted by molar-refractivity contribution is -0.124. The van der Waals surface area contributed by atoms with Crippen molar-refractivity contribution in [3.63, 3.8) is 0 Å². The number of nitrogens with one attached hydrogen (secondary N) is 1. The third-order valence-corrected chi connectivity index (χ3v) is 9.03. The van der Waals surface area contributed by atoms with Gasteiger partial charge < -0.3 is 26.2 Å². The second kappa shape index (κ2) is 33.2. The number of allylic oxidation sites excluding steroid dienone is 5. The van der Waals surface area contributed by atoms with E-state index in [2.05, 4.69) is 43.5 Å². The molecule has 0 aromatic heterocycles. The summed E-state index contributed by atoms with van der Waals surface area (Å²) in [6, 6.07) is -0.981. The van der Waals surface area contributed by atoms with Crippen molar-refractivity contribution in [3.8, 4) is 0 Å². The number of unbranched alkanes of at least 4 members (excludes halogenated alkanes) is 17. The van der Waals surface area contributed by atoms with Gasteiger partial charge in [0.2, 0.25) is 5.91 Å². The molecule has 0 saturated carbocycles. The third-order valence-electron chi connectivity index (χ3n) is 8.04. The van der Waals surface area contributed by atoms with Gasteiger partial charge in [-0.1, -0.05) is 140 Å². The van der Waals surface area contributed by atoms with E-state index in [0.717, 1.165) is 44.9 Å². The number of amides is 1. The number of hydrogen-bond acceptors (Lipinski definition) is 7. The summed E-state index contributed by atoms with van der Waals surface area (Å²) in [5, 5.41) is 23.8. The van der Waals surface area contributed by atoms with Crippen LogP contribution in [0.15, 0.2) is 36.5 Å². The number of aliphatic hydroxyl groups is 2. The second-order valence-corrected chi connectivity index (χ2v) is 14.1. The van der Waals surface area contributed by atoms with Crippen molar-refractivity contribution in [2.24, 2.45) is 5.73 Å². The zero-order valence-corrected chi connectivity index (χ0v) is 30.8. The van der Waals surface area contributed by atoms with Gasteiger partial charge in [-0.25, -0.2) is 4.57 Å². The van der Waals surface area contributed by atoms with Crippen LogP contribution in [0, 0.1) is 0 Å². The molecule has 0 saturated heterocycles. The van der Waals surface area contributed by atoms with E-state index < -0.39 is 38.6 Å². The van der Waals surface area contributed by atoms with Gasteiger partial charge in [0.05, 0.1) is 37.9 Å². The van der Waals surface area contributed by atoms with Gasteiger partial charge in [0.25, 0.3) is 0 Å². The van der Waals surface area contributed by atoms with Crippen LogP contribution in [-0.4, -0.2) is 59.0 Å². The quantitative estimate of drug-likeness (QED) is 0.0195. The van der Waals surface area contributed by atoms with Crippen LogP contribution < -0.4 is 11.1 Å². The molecule has 0 aromatic carbocycles. The van der Waals surface area contributed by atoms with Crippen molar-refractivity contribution < 1.29 is 33.5 Å². The van der Waals surface area contributed by atoms with Gasteiger partial charge in [-0.3, -0.25) is 13.8 Å². The van der Waals surface area contributed by atoms with Crippen molar-refractivity contribution in [3.05, 3.63) is 36.5 Å². The van der Waals surface area contributed by atoms with Crippen LogP contribution in [-0.2, 0) is 18.4 Å². The molecule has 0 aliphatic rings. The number of carbonyl (C=O) groups excluding carboxylic acids is 1. The first-order chi connectivity index (χ1) is 22.8. The van der Waals surface area contributed by atoms with E-state index in [1.807, 2.05) is 6.08 Å².